The Kier molecular flexibility index (Phi) is 1.62. The molecule has 1 fully saturated rings. The lowest BCUT2D eigenvalue weighted by Gasteiger charge is -2.07. The van der Waals surface area contributed by atoms with Gasteiger partial charge < -0.3 is 5.32 Å². The maximum Gasteiger partial charge on any atom is 0.0456 e. The quantitative estimate of drug-likeness (QED) is 0.675. The van der Waals surface area contributed by atoms with E-state index >= 15 is 0 Å². The molecule has 0 aliphatic carbocycles. The molecule has 70 valence electrons. The number of fused-ring (bicyclic) bond motifs is 1. The van der Waals surface area contributed by atoms with Gasteiger partial charge in [0, 0.05) is 12.6 Å². The first-order valence-electron chi connectivity index (χ1n) is 5.08. The normalized spacial score (nSPS) is 19.9. The van der Waals surface area contributed by atoms with Gasteiger partial charge in [-0.25, -0.2) is 0 Å². The summed E-state index contributed by atoms with van der Waals surface area (Å²) < 4.78 is 0. The van der Waals surface area contributed by atoms with Gasteiger partial charge in [-0.3, -0.25) is 0 Å². The number of aryl methyl sites for hydroxylation is 1. The smallest absolute Gasteiger partial charge is 0.0456 e. The van der Waals surface area contributed by atoms with Gasteiger partial charge in [0.25, 0.3) is 0 Å². The van der Waals surface area contributed by atoms with Crippen LogP contribution in [-0.2, 0) is 0 Å². The third-order valence-electron chi connectivity index (χ3n) is 2.95. The van der Waals surface area contributed by atoms with Crippen LogP contribution >= 0.6 is 0 Å². The zero-order chi connectivity index (χ0) is 9.54. The lowest BCUT2D eigenvalue weighted by Crippen LogP contribution is -1.91. The van der Waals surface area contributed by atoms with Crippen molar-refractivity contribution in [1.29, 1.82) is 0 Å². The molecule has 3 rings (SSSR count). The van der Waals surface area contributed by atoms with Crippen LogP contribution in [0.2, 0.25) is 0 Å². The molecule has 1 heterocycles. The standard InChI is InChI=1S/C13H13N/c1-9-6-7-10-4-2-3-5-11(10)13(9)12-8-14-12/h2-7,12,14H,8H2,1H3/t12-/m1/s1. The highest BCUT2D eigenvalue weighted by atomic mass is 15.1. The van der Waals surface area contributed by atoms with Gasteiger partial charge in [-0.2, -0.15) is 0 Å². The first-order chi connectivity index (χ1) is 6.86. The largest absolute Gasteiger partial charge is 0.307 e. The summed E-state index contributed by atoms with van der Waals surface area (Å²) in [5, 5.41) is 6.14. The third-order valence-corrected chi connectivity index (χ3v) is 2.95. The van der Waals surface area contributed by atoms with Crippen LogP contribution in [0.3, 0.4) is 0 Å². The van der Waals surface area contributed by atoms with Gasteiger partial charge in [-0.05, 0) is 28.8 Å². The number of benzene rings is 2. The Hall–Kier alpha value is -1.34. The van der Waals surface area contributed by atoms with Gasteiger partial charge in [0.05, 0.1) is 0 Å². The molecule has 0 bridgehead atoms. The Morgan fingerprint density at radius 2 is 1.93 bits per heavy atom. The Morgan fingerprint density at radius 1 is 1.14 bits per heavy atom. The fourth-order valence-electron chi connectivity index (χ4n) is 2.13. The number of hydrogen-bond acceptors (Lipinski definition) is 1. The molecule has 1 aliphatic rings. The van der Waals surface area contributed by atoms with Crippen molar-refractivity contribution in [2.45, 2.75) is 13.0 Å². The van der Waals surface area contributed by atoms with Crippen molar-refractivity contribution in [1.82, 2.24) is 5.32 Å². The predicted octanol–water partition coefficient (Wildman–Crippen LogP) is 2.79. The average Bonchev–Trinajstić information content (AvgIpc) is 3.01. The summed E-state index contributed by atoms with van der Waals surface area (Å²) in [6, 6.07) is 13.6. The van der Waals surface area contributed by atoms with Crippen LogP contribution in [-0.4, -0.2) is 6.54 Å². The van der Waals surface area contributed by atoms with Gasteiger partial charge in [0.2, 0.25) is 0 Å². The van der Waals surface area contributed by atoms with Crippen molar-refractivity contribution in [3.8, 4) is 0 Å². The summed E-state index contributed by atoms with van der Waals surface area (Å²) in [6.07, 6.45) is 0. The summed E-state index contributed by atoms with van der Waals surface area (Å²) in [6.45, 7) is 3.33. The molecule has 0 unspecified atom stereocenters. The second-order valence-corrected chi connectivity index (χ2v) is 3.98. The highest BCUT2D eigenvalue weighted by Crippen LogP contribution is 2.31. The summed E-state index contributed by atoms with van der Waals surface area (Å²) in [5.74, 6) is 0. The molecule has 1 aliphatic heterocycles. The van der Waals surface area contributed by atoms with Crippen LogP contribution in [0, 0.1) is 6.92 Å². The van der Waals surface area contributed by atoms with Gasteiger partial charge in [0.1, 0.15) is 0 Å². The monoisotopic (exact) mass is 183 g/mol. The van der Waals surface area contributed by atoms with Crippen LogP contribution in [0.1, 0.15) is 17.2 Å². The van der Waals surface area contributed by atoms with E-state index in [0.29, 0.717) is 6.04 Å². The molecular weight excluding hydrogens is 170 g/mol. The van der Waals surface area contributed by atoms with Crippen molar-refractivity contribution < 1.29 is 0 Å². The van der Waals surface area contributed by atoms with Crippen LogP contribution in [0.15, 0.2) is 36.4 Å². The second-order valence-electron chi connectivity index (χ2n) is 3.98. The van der Waals surface area contributed by atoms with E-state index in [0.717, 1.165) is 6.54 Å². The van der Waals surface area contributed by atoms with Crippen molar-refractivity contribution >= 4 is 10.8 Å². The second kappa shape index (κ2) is 2.82. The molecule has 0 spiro atoms. The minimum Gasteiger partial charge on any atom is -0.307 e. The molecule has 2 aromatic rings. The summed E-state index contributed by atoms with van der Waals surface area (Å²) in [4.78, 5) is 0. The zero-order valence-electron chi connectivity index (χ0n) is 8.25. The van der Waals surface area contributed by atoms with E-state index in [4.69, 9.17) is 0 Å². The minimum absolute atomic E-state index is 0.598. The molecule has 0 saturated carbocycles. The SMILES string of the molecule is Cc1ccc2ccccc2c1[C@H]1CN1. The molecule has 2 aromatic carbocycles. The van der Waals surface area contributed by atoms with Crippen molar-refractivity contribution in [2.75, 3.05) is 6.54 Å². The molecule has 14 heavy (non-hydrogen) atoms. The third kappa shape index (κ3) is 1.13. The molecule has 0 radical (unpaired) electrons. The van der Waals surface area contributed by atoms with Gasteiger partial charge in [-0.15, -0.1) is 0 Å². The van der Waals surface area contributed by atoms with Crippen molar-refractivity contribution in [3.05, 3.63) is 47.5 Å². The van der Waals surface area contributed by atoms with E-state index in [1.807, 2.05) is 0 Å². The predicted molar refractivity (Wildman–Crippen MR) is 59.4 cm³/mol. The highest BCUT2D eigenvalue weighted by Gasteiger charge is 2.25. The first-order valence-corrected chi connectivity index (χ1v) is 5.08. The van der Waals surface area contributed by atoms with E-state index in [9.17, 15) is 0 Å². The van der Waals surface area contributed by atoms with E-state index in [-0.39, 0.29) is 0 Å². The van der Waals surface area contributed by atoms with Crippen LogP contribution in [0.4, 0.5) is 0 Å². The van der Waals surface area contributed by atoms with E-state index < -0.39 is 0 Å². The molecule has 1 saturated heterocycles. The maximum atomic E-state index is 3.38. The average molecular weight is 183 g/mol. The molecule has 1 nitrogen and oxygen atoms in total. The number of hydrogen-bond donors (Lipinski definition) is 1. The van der Waals surface area contributed by atoms with E-state index in [2.05, 4.69) is 48.6 Å². The highest BCUT2D eigenvalue weighted by molar-refractivity contribution is 5.87. The maximum absolute atomic E-state index is 3.38. The lowest BCUT2D eigenvalue weighted by molar-refractivity contribution is 1.07. The summed E-state index contributed by atoms with van der Waals surface area (Å²) in [5.41, 5.74) is 2.89. The Labute approximate surface area is 83.8 Å². The molecule has 0 amide bonds. The molecular formula is C13H13N. The molecule has 1 heteroatoms. The minimum atomic E-state index is 0.598. The fourth-order valence-corrected chi connectivity index (χ4v) is 2.13. The fraction of sp³-hybridized carbons (Fsp3) is 0.231. The Morgan fingerprint density at radius 3 is 2.71 bits per heavy atom. The first kappa shape index (κ1) is 8.01. The molecule has 1 atom stereocenters. The topological polar surface area (TPSA) is 21.9 Å². The summed E-state index contributed by atoms with van der Waals surface area (Å²) >= 11 is 0. The van der Waals surface area contributed by atoms with Gasteiger partial charge in [0.15, 0.2) is 0 Å². The Balaban J connectivity index is 2.37. The van der Waals surface area contributed by atoms with Crippen molar-refractivity contribution in [2.24, 2.45) is 0 Å². The van der Waals surface area contributed by atoms with Crippen LogP contribution < -0.4 is 5.32 Å². The Bertz CT molecular complexity index is 484. The summed E-state index contributed by atoms with van der Waals surface area (Å²) in [7, 11) is 0. The zero-order valence-corrected chi connectivity index (χ0v) is 8.25. The van der Waals surface area contributed by atoms with Crippen molar-refractivity contribution in [3.63, 3.8) is 0 Å². The van der Waals surface area contributed by atoms with Crippen LogP contribution in [0.25, 0.3) is 10.8 Å². The number of rotatable bonds is 1. The molecule has 0 aromatic heterocycles. The van der Waals surface area contributed by atoms with Gasteiger partial charge in [-0.1, -0.05) is 36.4 Å². The van der Waals surface area contributed by atoms with E-state index in [1.54, 1.807) is 0 Å². The lowest BCUT2D eigenvalue weighted by atomic mass is 9.97. The molecule has 1 N–H and O–H groups in total. The van der Waals surface area contributed by atoms with Crippen LogP contribution in [0.5, 0.6) is 0 Å². The number of nitrogens with one attached hydrogen (secondary N) is 1. The van der Waals surface area contributed by atoms with E-state index in [1.165, 1.54) is 21.9 Å². The van der Waals surface area contributed by atoms with Gasteiger partial charge >= 0.3 is 0 Å².